The third-order valence-electron chi connectivity index (χ3n) is 5.51. The molecule has 0 radical (unpaired) electrons. The van der Waals surface area contributed by atoms with E-state index in [1.165, 1.54) is 19.3 Å². The van der Waals surface area contributed by atoms with Crippen LogP contribution in [0.25, 0.3) is 0 Å². The third-order valence-corrected chi connectivity index (χ3v) is 5.51. The normalized spacial score (nSPS) is 15.7. The van der Waals surface area contributed by atoms with Crippen molar-refractivity contribution in [2.45, 2.75) is 37.5 Å². The maximum atomic E-state index is 14.8. The van der Waals surface area contributed by atoms with Crippen LogP contribution in [0.5, 0.6) is 0 Å². The first kappa shape index (κ1) is 27.3. The number of carbonyl (C=O) groups is 2. The summed E-state index contributed by atoms with van der Waals surface area (Å²) >= 11 is 0. The van der Waals surface area contributed by atoms with E-state index in [1.807, 2.05) is 0 Å². The molecule has 1 atom stereocenters. The van der Waals surface area contributed by atoms with Crippen LogP contribution in [0.4, 0.5) is 33.3 Å². The van der Waals surface area contributed by atoms with Gasteiger partial charge in [-0.15, -0.1) is 0 Å². The van der Waals surface area contributed by atoms with Crippen molar-refractivity contribution in [2.24, 2.45) is 10.7 Å². The Morgan fingerprint density at radius 2 is 1.95 bits per heavy atom. The fraction of sp³-hybridized carbons (Fsp3) is 0.250. The van der Waals surface area contributed by atoms with E-state index >= 15 is 0 Å². The number of carbonyl (C=O) groups excluding carboxylic acids is 2. The standard InChI is InChI=1S/C24H23F5N6O2/c1-3-31-11-14(10-30)21(36)35-23(7-8-23)22(37)33-13(2)19-18(26)9-15(12-32-19)34-20-16(24(27,28)29)5-4-6-17(20)25/h3-6,9-13,34H,1,7-8,30H2,2H3,(H,33,37)(H,35,36)/b14-10+,31-11-. The highest BCUT2D eigenvalue weighted by molar-refractivity contribution is 6.13. The van der Waals surface area contributed by atoms with Gasteiger partial charge in [0.25, 0.3) is 5.91 Å². The van der Waals surface area contributed by atoms with Crippen LogP contribution < -0.4 is 21.7 Å². The van der Waals surface area contributed by atoms with E-state index in [0.29, 0.717) is 18.9 Å². The first-order valence-corrected chi connectivity index (χ1v) is 10.9. The predicted molar refractivity (Wildman–Crippen MR) is 127 cm³/mol. The second-order valence-electron chi connectivity index (χ2n) is 8.19. The van der Waals surface area contributed by atoms with Crippen molar-refractivity contribution >= 4 is 29.4 Å². The average molecular weight is 522 g/mol. The van der Waals surface area contributed by atoms with Gasteiger partial charge in [0.15, 0.2) is 0 Å². The quantitative estimate of drug-likeness (QED) is 0.225. The maximum absolute atomic E-state index is 14.8. The van der Waals surface area contributed by atoms with Crippen molar-refractivity contribution in [3.8, 4) is 0 Å². The number of nitrogens with one attached hydrogen (secondary N) is 3. The van der Waals surface area contributed by atoms with Gasteiger partial charge in [-0.1, -0.05) is 12.6 Å². The van der Waals surface area contributed by atoms with Crippen LogP contribution in [0.1, 0.15) is 37.1 Å². The van der Waals surface area contributed by atoms with Crippen molar-refractivity contribution in [1.82, 2.24) is 15.6 Å². The molecule has 1 heterocycles. The predicted octanol–water partition coefficient (Wildman–Crippen LogP) is 4.01. The van der Waals surface area contributed by atoms with E-state index in [1.54, 1.807) is 0 Å². The minimum Gasteiger partial charge on any atom is -0.404 e. The number of aliphatic imine (C=N–C) groups is 1. The van der Waals surface area contributed by atoms with Gasteiger partial charge in [-0.25, -0.2) is 8.78 Å². The lowest BCUT2D eigenvalue weighted by molar-refractivity contribution is -0.137. The molecule has 1 saturated carbocycles. The molecule has 0 saturated heterocycles. The number of alkyl halides is 3. The van der Waals surface area contributed by atoms with Gasteiger partial charge in [0.05, 0.1) is 40.4 Å². The zero-order valence-corrected chi connectivity index (χ0v) is 19.5. The number of benzene rings is 1. The molecule has 1 aromatic heterocycles. The van der Waals surface area contributed by atoms with Crippen molar-refractivity contribution in [2.75, 3.05) is 5.32 Å². The Balaban J connectivity index is 1.72. The molecule has 196 valence electrons. The van der Waals surface area contributed by atoms with Crippen molar-refractivity contribution in [1.29, 1.82) is 0 Å². The van der Waals surface area contributed by atoms with Gasteiger partial charge in [-0.3, -0.25) is 19.6 Å². The number of nitrogens with zero attached hydrogens (tertiary/aromatic N) is 2. The Morgan fingerprint density at radius 3 is 2.51 bits per heavy atom. The largest absolute Gasteiger partial charge is 0.418 e. The van der Waals surface area contributed by atoms with Gasteiger partial charge >= 0.3 is 6.18 Å². The lowest BCUT2D eigenvalue weighted by Crippen LogP contribution is -2.50. The molecule has 1 fully saturated rings. The van der Waals surface area contributed by atoms with E-state index in [-0.39, 0.29) is 17.0 Å². The molecule has 0 bridgehead atoms. The van der Waals surface area contributed by atoms with Gasteiger partial charge in [-0.05, 0) is 31.9 Å². The Kier molecular flexibility index (Phi) is 7.94. The minimum atomic E-state index is -4.84. The second kappa shape index (κ2) is 10.8. The van der Waals surface area contributed by atoms with E-state index in [2.05, 4.69) is 32.5 Å². The van der Waals surface area contributed by atoms with E-state index in [4.69, 9.17) is 5.73 Å². The number of amides is 2. The summed E-state index contributed by atoms with van der Waals surface area (Å²) in [6.45, 7) is 4.83. The van der Waals surface area contributed by atoms with E-state index in [0.717, 1.165) is 30.6 Å². The molecule has 0 aliphatic heterocycles. The first-order valence-electron chi connectivity index (χ1n) is 10.9. The molecule has 3 rings (SSSR count). The summed E-state index contributed by atoms with van der Waals surface area (Å²) in [7, 11) is 0. The molecule has 13 heteroatoms. The number of hydrogen-bond acceptors (Lipinski definition) is 6. The van der Waals surface area contributed by atoms with Crippen LogP contribution >= 0.6 is 0 Å². The Morgan fingerprint density at radius 1 is 1.24 bits per heavy atom. The topological polar surface area (TPSA) is 121 Å². The Hall–Kier alpha value is -4.29. The molecule has 1 unspecified atom stereocenters. The summed E-state index contributed by atoms with van der Waals surface area (Å²) in [5.74, 6) is -3.36. The van der Waals surface area contributed by atoms with E-state index < -0.39 is 52.5 Å². The second-order valence-corrected chi connectivity index (χ2v) is 8.19. The molecular formula is C24H23F5N6O2. The van der Waals surface area contributed by atoms with Gasteiger partial charge < -0.3 is 21.7 Å². The first-order chi connectivity index (χ1) is 17.4. The number of nitrogens with two attached hydrogens (primary N) is 1. The molecule has 1 aliphatic carbocycles. The molecule has 2 aromatic rings. The van der Waals surface area contributed by atoms with Crippen LogP contribution in [0, 0.1) is 11.6 Å². The van der Waals surface area contributed by atoms with Gasteiger partial charge in [-0.2, -0.15) is 13.2 Å². The van der Waals surface area contributed by atoms with Gasteiger partial charge in [0.2, 0.25) is 5.91 Å². The smallest absolute Gasteiger partial charge is 0.404 e. The molecule has 1 aromatic carbocycles. The summed E-state index contributed by atoms with van der Waals surface area (Å²) in [6, 6.07) is 2.29. The SMILES string of the molecule is C=C/N=C\C(=C/N)C(=O)NC1(C(=O)NC(C)c2ncc(Nc3c(F)cccc3C(F)(F)F)cc2F)CC1. The number of para-hydroxylation sites is 1. The summed E-state index contributed by atoms with van der Waals surface area (Å²) in [5.41, 5.74) is 1.61. The average Bonchev–Trinajstić information content (AvgIpc) is 3.60. The lowest BCUT2D eigenvalue weighted by Gasteiger charge is -2.21. The van der Waals surface area contributed by atoms with Crippen LogP contribution in [-0.2, 0) is 15.8 Å². The molecule has 8 nitrogen and oxygen atoms in total. The van der Waals surface area contributed by atoms with Crippen LogP contribution in [0.15, 0.2) is 60.0 Å². The zero-order valence-electron chi connectivity index (χ0n) is 19.5. The fourth-order valence-corrected chi connectivity index (χ4v) is 3.40. The number of anilines is 2. The maximum Gasteiger partial charge on any atom is 0.418 e. The Labute approximate surface area is 208 Å². The summed E-state index contributed by atoms with van der Waals surface area (Å²) in [6.07, 6.45) is 0.223. The van der Waals surface area contributed by atoms with Gasteiger partial charge in [0.1, 0.15) is 17.2 Å². The van der Waals surface area contributed by atoms with Crippen LogP contribution in [0.2, 0.25) is 0 Å². The number of hydrogen-bond donors (Lipinski definition) is 4. The molecule has 2 amide bonds. The van der Waals surface area contributed by atoms with Gasteiger partial charge in [0, 0.05) is 24.7 Å². The summed E-state index contributed by atoms with van der Waals surface area (Å²) < 4.78 is 68.5. The number of aromatic nitrogens is 1. The van der Waals surface area contributed by atoms with Crippen molar-refractivity contribution in [3.63, 3.8) is 0 Å². The Bertz CT molecular complexity index is 1270. The molecule has 5 N–H and O–H groups in total. The number of pyridine rings is 1. The molecular weight excluding hydrogens is 499 g/mol. The van der Waals surface area contributed by atoms with Crippen LogP contribution in [-0.4, -0.2) is 28.6 Å². The highest BCUT2D eigenvalue weighted by atomic mass is 19.4. The fourth-order valence-electron chi connectivity index (χ4n) is 3.40. The lowest BCUT2D eigenvalue weighted by atomic mass is 10.1. The minimum absolute atomic E-state index is 0.00589. The van der Waals surface area contributed by atoms with Crippen LogP contribution in [0.3, 0.4) is 0 Å². The molecule has 0 spiro atoms. The van der Waals surface area contributed by atoms with E-state index in [9.17, 15) is 31.5 Å². The highest BCUT2D eigenvalue weighted by Crippen LogP contribution is 2.38. The number of halogens is 5. The number of rotatable bonds is 9. The molecule has 1 aliphatic rings. The van der Waals surface area contributed by atoms with Crippen molar-refractivity contribution in [3.05, 3.63) is 77.9 Å². The van der Waals surface area contributed by atoms with Crippen molar-refractivity contribution < 1.29 is 31.5 Å². The summed E-state index contributed by atoms with van der Waals surface area (Å²) in [5, 5.41) is 7.36. The monoisotopic (exact) mass is 522 g/mol. The summed E-state index contributed by atoms with van der Waals surface area (Å²) in [4.78, 5) is 32.8. The third kappa shape index (κ3) is 6.29. The molecule has 37 heavy (non-hydrogen) atoms. The highest BCUT2D eigenvalue weighted by Gasteiger charge is 2.51. The zero-order chi connectivity index (χ0) is 27.4.